The highest BCUT2D eigenvalue weighted by molar-refractivity contribution is 5.83. The van der Waals surface area contributed by atoms with Crippen LogP contribution in [0, 0.1) is 5.82 Å². The third-order valence-corrected chi connectivity index (χ3v) is 5.20. The van der Waals surface area contributed by atoms with Crippen LogP contribution in [-0.4, -0.2) is 43.0 Å². The molecule has 0 bridgehead atoms. The van der Waals surface area contributed by atoms with Crippen LogP contribution in [-0.2, 0) is 9.59 Å². The Kier molecular flexibility index (Phi) is 6.53. The first-order valence-electron chi connectivity index (χ1n) is 8.86. The van der Waals surface area contributed by atoms with Gasteiger partial charge in [0.15, 0.2) is 0 Å². The number of amides is 1. The van der Waals surface area contributed by atoms with Gasteiger partial charge in [-0.25, -0.2) is 4.39 Å². The first-order chi connectivity index (χ1) is 11.9. The molecule has 6 heteroatoms. The number of hydrogen-bond acceptors (Lipinski definition) is 4. The minimum atomic E-state index is -0.647. The summed E-state index contributed by atoms with van der Waals surface area (Å²) in [4.78, 5) is 24.6. The number of aliphatic hydroxyl groups is 1. The summed E-state index contributed by atoms with van der Waals surface area (Å²) in [5, 5.41) is 12.9. The lowest BCUT2D eigenvalue weighted by molar-refractivity contribution is -0.122. The molecule has 2 rings (SSSR count). The van der Waals surface area contributed by atoms with Crippen molar-refractivity contribution >= 4 is 17.9 Å². The van der Waals surface area contributed by atoms with Crippen molar-refractivity contribution in [1.29, 1.82) is 0 Å². The molecule has 1 aliphatic heterocycles. The quantitative estimate of drug-likeness (QED) is 0.741. The van der Waals surface area contributed by atoms with Gasteiger partial charge in [-0.05, 0) is 43.4 Å². The van der Waals surface area contributed by atoms with Gasteiger partial charge in [0.05, 0.1) is 17.2 Å². The van der Waals surface area contributed by atoms with Crippen molar-refractivity contribution in [3.05, 3.63) is 29.6 Å². The molecule has 1 amide bonds. The van der Waals surface area contributed by atoms with Crippen LogP contribution in [0.2, 0.25) is 0 Å². The maximum atomic E-state index is 14.7. The van der Waals surface area contributed by atoms with Gasteiger partial charge < -0.3 is 20.1 Å². The number of benzene rings is 1. The van der Waals surface area contributed by atoms with Crippen molar-refractivity contribution in [3.8, 4) is 0 Å². The van der Waals surface area contributed by atoms with E-state index in [1.54, 1.807) is 12.1 Å². The molecule has 1 atom stereocenters. The number of nitrogens with zero attached hydrogens (tertiary/aromatic N) is 1. The fourth-order valence-electron chi connectivity index (χ4n) is 3.37. The van der Waals surface area contributed by atoms with E-state index in [4.69, 9.17) is 0 Å². The van der Waals surface area contributed by atoms with Crippen LogP contribution in [0.4, 0.5) is 10.1 Å². The second kappa shape index (κ2) is 8.43. The molecule has 1 saturated heterocycles. The molecule has 25 heavy (non-hydrogen) atoms. The van der Waals surface area contributed by atoms with Gasteiger partial charge in [-0.15, -0.1) is 0 Å². The highest BCUT2D eigenvalue weighted by atomic mass is 19.1. The van der Waals surface area contributed by atoms with E-state index in [0.717, 1.165) is 6.29 Å². The Morgan fingerprint density at radius 1 is 1.44 bits per heavy atom. The standard InChI is InChI=1S/C19H27FN2O3/c1-3-19(25)8-10-22(11-9-19)17-7-6-14(13-16(17)20)15(5-4-12-23)18(24)21-2/h6-7,12-13,15,25H,3-5,8-11H2,1-2H3,(H,21,24). The Balaban J connectivity index is 2.16. The summed E-state index contributed by atoms with van der Waals surface area (Å²) in [6, 6.07) is 4.84. The zero-order chi connectivity index (χ0) is 18.4. The predicted molar refractivity (Wildman–Crippen MR) is 95.2 cm³/mol. The maximum absolute atomic E-state index is 14.7. The van der Waals surface area contributed by atoms with E-state index in [9.17, 15) is 19.1 Å². The third-order valence-electron chi connectivity index (χ3n) is 5.20. The van der Waals surface area contributed by atoms with Crippen LogP contribution in [0.1, 0.15) is 50.5 Å². The number of piperidine rings is 1. The largest absolute Gasteiger partial charge is 0.390 e. The summed E-state index contributed by atoms with van der Waals surface area (Å²) in [6.07, 6.45) is 3.31. The molecule has 138 valence electrons. The average molecular weight is 350 g/mol. The number of nitrogens with one attached hydrogen (secondary N) is 1. The predicted octanol–water partition coefficient (Wildman–Crippen LogP) is 2.38. The van der Waals surface area contributed by atoms with Crippen LogP contribution in [0.5, 0.6) is 0 Å². The van der Waals surface area contributed by atoms with Crippen LogP contribution < -0.4 is 10.2 Å². The van der Waals surface area contributed by atoms with Gasteiger partial charge in [0.2, 0.25) is 5.91 Å². The van der Waals surface area contributed by atoms with Gasteiger partial charge in [-0.1, -0.05) is 13.0 Å². The number of hydrogen-bond donors (Lipinski definition) is 2. The van der Waals surface area contributed by atoms with Gasteiger partial charge in [-0.3, -0.25) is 4.79 Å². The van der Waals surface area contributed by atoms with E-state index >= 15 is 0 Å². The number of halogens is 1. The van der Waals surface area contributed by atoms with Crippen LogP contribution in [0.3, 0.4) is 0 Å². The molecule has 0 aliphatic carbocycles. The van der Waals surface area contributed by atoms with Crippen molar-refractivity contribution in [2.75, 3.05) is 25.0 Å². The van der Waals surface area contributed by atoms with Crippen molar-refractivity contribution in [3.63, 3.8) is 0 Å². The second-order valence-corrected chi connectivity index (χ2v) is 6.69. The van der Waals surface area contributed by atoms with E-state index in [-0.39, 0.29) is 18.1 Å². The van der Waals surface area contributed by atoms with Crippen LogP contribution >= 0.6 is 0 Å². The van der Waals surface area contributed by atoms with Crippen LogP contribution in [0.15, 0.2) is 18.2 Å². The van der Waals surface area contributed by atoms with Gasteiger partial charge in [0.25, 0.3) is 0 Å². The SMILES string of the molecule is CCC1(O)CCN(c2ccc(C(CCC=O)C(=O)NC)cc2F)CC1. The van der Waals surface area contributed by atoms with Crippen molar-refractivity contribution in [2.45, 2.75) is 50.5 Å². The third kappa shape index (κ3) is 4.57. The zero-order valence-electron chi connectivity index (χ0n) is 14.9. The summed E-state index contributed by atoms with van der Waals surface area (Å²) < 4.78 is 14.7. The van der Waals surface area contributed by atoms with Gasteiger partial charge in [-0.2, -0.15) is 0 Å². The maximum Gasteiger partial charge on any atom is 0.227 e. The fraction of sp³-hybridized carbons (Fsp3) is 0.579. The van der Waals surface area contributed by atoms with Gasteiger partial charge in [0.1, 0.15) is 12.1 Å². The molecule has 2 N–H and O–H groups in total. The molecule has 1 aliphatic rings. The number of carbonyl (C=O) groups is 2. The minimum Gasteiger partial charge on any atom is -0.390 e. The minimum absolute atomic E-state index is 0.222. The first-order valence-corrected chi connectivity index (χ1v) is 8.86. The number of likely N-dealkylation sites (N-methyl/N-ethyl adjacent to an activating group) is 1. The summed E-state index contributed by atoms with van der Waals surface area (Å²) in [7, 11) is 1.53. The second-order valence-electron chi connectivity index (χ2n) is 6.69. The van der Waals surface area contributed by atoms with E-state index < -0.39 is 11.5 Å². The molecular formula is C19H27FN2O3. The lowest BCUT2D eigenvalue weighted by Crippen LogP contribution is -2.44. The highest BCUT2D eigenvalue weighted by Gasteiger charge is 2.31. The topological polar surface area (TPSA) is 69.6 Å². The molecule has 1 unspecified atom stereocenters. The summed E-state index contributed by atoms with van der Waals surface area (Å²) >= 11 is 0. The highest BCUT2D eigenvalue weighted by Crippen LogP contribution is 2.32. The number of carbonyl (C=O) groups excluding carboxylic acids is 2. The monoisotopic (exact) mass is 350 g/mol. The van der Waals surface area contributed by atoms with E-state index in [0.29, 0.717) is 50.0 Å². The molecule has 0 aromatic heterocycles. The Hall–Kier alpha value is -1.95. The molecule has 1 heterocycles. The lowest BCUT2D eigenvalue weighted by Gasteiger charge is -2.39. The Morgan fingerprint density at radius 2 is 2.12 bits per heavy atom. The zero-order valence-corrected chi connectivity index (χ0v) is 14.9. The van der Waals surface area contributed by atoms with Crippen molar-refractivity contribution < 1.29 is 19.1 Å². The van der Waals surface area contributed by atoms with Gasteiger partial charge in [0, 0.05) is 26.6 Å². The molecule has 1 fully saturated rings. The molecule has 0 spiro atoms. The van der Waals surface area contributed by atoms with E-state index in [1.807, 2.05) is 11.8 Å². The molecule has 5 nitrogen and oxygen atoms in total. The molecule has 0 radical (unpaired) electrons. The normalized spacial score (nSPS) is 17.8. The number of aldehydes is 1. The Labute approximate surface area is 148 Å². The summed E-state index contributed by atoms with van der Waals surface area (Å²) in [6.45, 7) is 3.17. The first kappa shape index (κ1) is 19.4. The molecule has 0 saturated carbocycles. The Morgan fingerprint density at radius 3 is 2.64 bits per heavy atom. The average Bonchev–Trinajstić information content (AvgIpc) is 2.63. The Bertz CT molecular complexity index is 613. The van der Waals surface area contributed by atoms with E-state index in [2.05, 4.69) is 5.32 Å². The molecule has 1 aromatic carbocycles. The van der Waals surface area contributed by atoms with Crippen molar-refractivity contribution in [1.82, 2.24) is 5.32 Å². The number of rotatable bonds is 7. The summed E-state index contributed by atoms with van der Waals surface area (Å²) in [5.41, 5.74) is 0.420. The smallest absolute Gasteiger partial charge is 0.227 e. The number of anilines is 1. The summed E-state index contributed by atoms with van der Waals surface area (Å²) in [5.74, 6) is -1.13. The lowest BCUT2D eigenvalue weighted by atomic mass is 9.88. The van der Waals surface area contributed by atoms with E-state index in [1.165, 1.54) is 13.1 Å². The van der Waals surface area contributed by atoms with Crippen molar-refractivity contribution in [2.24, 2.45) is 0 Å². The fourth-order valence-corrected chi connectivity index (χ4v) is 3.37. The van der Waals surface area contributed by atoms with Crippen LogP contribution in [0.25, 0.3) is 0 Å². The molecular weight excluding hydrogens is 323 g/mol. The molecule has 1 aromatic rings. The van der Waals surface area contributed by atoms with Gasteiger partial charge >= 0.3 is 0 Å².